The molecule has 3 rings (SSSR count). The van der Waals surface area contributed by atoms with E-state index in [9.17, 15) is 4.79 Å². The molecule has 0 aliphatic rings. The maximum atomic E-state index is 11.8. The minimum Gasteiger partial charge on any atom is -0.419 e. The van der Waals surface area contributed by atoms with Crippen LogP contribution in [-0.4, -0.2) is 16.2 Å². The van der Waals surface area contributed by atoms with Crippen molar-refractivity contribution in [2.24, 2.45) is 0 Å². The van der Waals surface area contributed by atoms with Gasteiger partial charge in [-0.05, 0) is 36.4 Å². The first-order chi connectivity index (χ1) is 11.2. The lowest BCUT2D eigenvalue weighted by Gasteiger charge is -2.05. The summed E-state index contributed by atoms with van der Waals surface area (Å²) in [6, 6.07) is 15.9. The van der Waals surface area contributed by atoms with Crippen LogP contribution in [0.3, 0.4) is 0 Å². The van der Waals surface area contributed by atoms with Crippen molar-refractivity contribution >= 4 is 23.3 Å². The van der Waals surface area contributed by atoms with Gasteiger partial charge in [0.1, 0.15) is 0 Å². The predicted molar refractivity (Wildman–Crippen MR) is 87.0 cm³/mol. The molecule has 3 aromatic rings. The molecule has 1 heterocycles. The average Bonchev–Trinajstić information content (AvgIpc) is 3.05. The number of nitrogens with zero attached hydrogens (tertiary/aromatic N) is 2. The van der Waals surface area contributed by atoms with E-state index in [1.807, 2.05) is 30.3 Å². The van der Waals surface area contributed by atoms with Crippen LogP contribution >= 0.6 is 11.6 Å². The molecule has 0 bridgehead atoms. The van der Waals surface area contributed by atoms with Crippen molar-refractivity contribution in [3.63, 3.8) is 0 Å². The Labute approximate surface area is 137 Å². The van der Waals surface area contributed by atoms with Gasteiger partial charge in [-0.3, -0.25) is 0 Å². The van der Waals surface area contributed by atoms with E-state index in [-0.39, 0.29) is 12.6 Å². The zero-order valence-electron chi connectivity index (χ0n) is 12.0. The third-order valence-electron chi connectivity index (χ3n) is 2.99. The zero-order chi connectivity index (χ0) is 16.1. The van der Waals surface area contributed by atoms with Crippen LogP contribution in [0.5, 0.6) is 0 Å². The van der Waals surface area contributed by atoms with Gasteiger partial charge in [0, 0.05) is 16.3 Å². The number of hydrogen-bond donors (Lipinski definition) is 2. The van der Waals surface area contributed by atoms with Crippen LogP contribution in [0, 0.1) is 0 Å². The van der Waals surface area contributed by atoms with Crippen LogP contribution in [0.1, 0.15) is 5.89 Å². The molecular weight excluding hydrogens is 316 g/mol. The SMILES string of the molecule is O=C(NCc1nnc(-c2ccccc2)o1)Nc1ccc(Cl)cc1. The van der Waals surface area contributed by atoms with E-state index >= 15 is 0 Å². The van der Waals surface area contributed by atoms with Gasteiger partial charge in [-0.15, -0.1) is 10.2 Å². The van der Waals surface area contributed by atoms with Gasteiger partial charge in [0.15, 0.2) is 0 Å². The fourth-order valence-electron chi connectivity index (χ4n) is 1.89. The third-order valence-corrected chi connectivity index (χ3v) is 3.24. The molecule has 2 amide bonds. The molecule has 0 radical (unpaired) electrons. The maximum absolute atomic E-state index is 11.8. The Morgan fingerprint density at radius 1 is 1.04 bits per heavy atom. The molecular formula is C16H13ClN4O2. The van der Waals surface area contributed by atoms with Crippen LogP contribution < -0.4 is 10.6 Å². The summed E-state index contributed by atoms with van der Waals surface area (Å²) in [5, 5.41) is 13.8. The summed E-state index contributed by atoms with van der Waals surface area (Å²) in [5.41, 5.74) is 1.47. The van der Waals surface area contributed by atoms with Gasteiger partial charge < -0.3 is 15.1 Å². The van der Waals surface area contributed by atoms with E-state index in [1.165, 1.54) is 0 Å². The summed E-state index contributed by atoms with van der Waals surface area (Å²) in [4.78, 5) is 11.8. The topological polar surface area (TPSA) is 80.1 Å². The number of carbonyl (C=O) groups is 1. The van der Waals surface area contributed by atoms with Crippen molar-refractivity contribution in [1.82, 2.24) is 15.5 Å². The van der Waals surface area contributed by atoms with E-state index in [0.717, 1.165) is 5.56 Å². The lowest BCUT2D eigenvalue weighted by Crippen LogP contribution is -2.28. The molecule has 0 unspecified atom stereocenters. The second-order valence-electron chi connectivity index (χ2n) is 4.68. The van der Waals surface area contributed by atoms with Crippen molar-refractivity contribution in [2.45, 2.75) is 6.54 Å². The van der Waals surface area contributed by atoms with Crippen LogP contribution in [0.25, 0.3) is 11.5 Å². The number of halogens is 1. The molecule has 0 saturated carbocycles. The van der Waals surface area contributed by atoms with Gasteiger partial charge in [0.2, 0.25) is 11.8 Å². The first-order valence-corrected chi connectivity index (χ1v) is 7.27. The minimum atomic E-state index is -0.369. The number of anilines is 1. The van der Waals surface area contributed by atoms with Gasteiger partial charge in [0.25, 0.3) is 0 Å². The molecule has 7 heteroatoms. The lowest BCUT2D eigenvalue weighted by atomic mass is 10.2. The molecule has 1 aromatic heterocycles. The Hall–Kier alpha value is -2.86. The van der Waals surface area contributed by atoms with Crippen LogP contribution in [0.4, 0.5) is 10.5 Å². The summed E-state index contributed by atoms with van der Waals surface area (Å²) in [5.74, 6) is 0.746. The van der Waals surface area contributed by atoms with Gasteiger partial charge in [-0.25, -0.2) is 4.79 Å². The zero-order valence-corrected chi connectivity index (χ0v) is 12.7. The van der Waals surface area contributed by atoms with Gasteiger partial charge in [-0.1, -0.05) is 29.8 Å². The number of benzene rings is 2. The Balaban J connectivity index is 1.55. The standard InChI is InChI=1S/C16H13ClN4O2/c17-12-6-8-13(9-7-12)19-16(22)18-10-14-20-21-15(23-14)11-4-2-1-3-5-11/h1-9H,10H2,(H2,18,19,22). The molecule has 0 saturated heterocycles. The second kappa shape index (κ2) is 6.93. The van der Waals surface area contributed by atoms with Crippen molar-refractivity contribution in [3.8, 4) is 11.5 Å². The van der Waals surface area contributed by atoms with Gasteiger partial charge >= 0.3 is 6.03 Å². The highest BCUT2D eigenvalue weighted by atomic mass is 35.5. The highest BCUT2D eigenvalue weighted by Gasteiger charge is 2.09. The monoisotopic (exact) mass is 328 g/mol. The summed E-state index contributed by atoms with van der Waals surface area (Å²) in [6.45, 7) is 0.138. The largest absolute Gasteiger partial charge is 0.419 e. The number of aromatic nitrogens is 2. The van der Waals surface area contributed by atoms with Gasteiger partial charge in [0.05, 0.1) is 6.54 Å². The number of nitrogens with one attached hydrogen (secondary N) is 2. The van der Waals surface area contributed by atoms with E-state index in [1.54, 1.807) is 24.3 Å². The Kier molecular flexibility index (Phi) is 4.54. The molecule has 2 aromatic carbocycles. The quantitative estimate of drug-likeness (QED) is 0.765. The molecule has 116 valence electrons. The molecule has 2 N–H and O–H groups in total. The summed E-state index contributed by atoms with van der Waals surface area (Å²) in [7, 11) is 0. The summed E-state index contributed by atoms with van der Waals surface area (Å²) < 4.78 is 5.50. The third kappa shape index (κ3) is 4.08. The molecule has 0 atom stereocenters. The number of rotatable bonds is 4. The average molecular weight is 329 g/mol. The first kappa shape index (κ1) is 15.1. The summed E-state index contributed by atoms with van der Waals surface area (Å²) >= 11 is 5.79. The lowest BCUT2D eigenvalue weighted by molar-refractivity contribution is 0.250. The smallest absolute Gasteiger partial charge is 0.319 e. The van der Waals surface area contributed by atoms with Crippen molar-refractivity contribution in [3.05, 3.63) is 65.5 Å². The Morgan fingerprint density at radius 3 is 2.52 bits per heavy atom. The number of amides is 2. The first-order valence-electron chi connectivity index (χ1n) is 6.89. The molecule has 0 fully saturated rings. The van der Waals surface area contributed by atoms with E-state index in [0.29, 0.717) is 22.5 Å². The number of carbonyl (C=O) groups excluding carboxylic acids is 1. The van der Waals surface area contributed by atoms with Crippen LogP contribution in [-0.2, 0) is 6.54 Å². The van der Waals surface area contributed by atoms with Crippen molar-refractivity contribution in [1.29, 1.82) is 0 Å². The Morgan fingerprint density at radius 2 is 1.78 bits per heavy atom. The molecule has 0 spiro atoms. The highest BCUT2D eigenvalue weighted by Crippen LogP contribution is 2.17. The van der Waals surface area contributed by atoms with Crippen LogP contribution in [0.2, 0.25) is 5.02 Å². The van der Waals surface area contributed by atoms with E-state index < -0.39 is 0 Å². The van der Waals surface area contributed by atoms with E-state index in [4.69, 9.17) is 16.0 Å². The molecule has 0 aliphatic carbocycles. The van der Waals surface area contributed by atoms with Crippen LogP contribution in [0.15, 0.2) is 59.0 Å². The number of hydrogen-bond acceptors (Lipinski definition) is 4. The molecule has 23 heavy (non-hydrogen) atoms. The fourth-order valence-corrected chi connectivity index (χ4v) is 2.01. The van der Waals surface area contributed by atoms with E-state index in [2.05, 4.69) is 20.8 Å². The normalized spacial score (nSPS) is 10.3. The molecule has 0 aliphatic heterocycles. The Bertz CT molecular complexity index is 787. The maximum Gasteiger partial charge on any atom is 0.319 e. The van der Waals surface area contributed by atoms with Gasteiger partial charge in [-0.2, -0.15) is 0 Å². The predicted octanol–water partition coefficient (Wildman–Crippen LogP) is 3.71. The number of urea groups is 1. The van der Waals surface area contributed by atoms with Crippen molar-refractivity contribution in [2.75, 3.05) is 5.32 Å². The second-order valence-corrected chi connectivity index (χ2v) is 5.12. The summed E-state index contributed by atoms with van der Waals surface area (Å²) in [6.07, 6.45) is 0. The minimum absolute atomic E-state index is 0.138. The highest BCUT2D eigenvalue weighted by molar-refractivity contribution is 6.30. The van der Waals surface area contributed by atoms with Crippen molar-refractivity contribution < 1.29 is 9.21 Å². The fraction of sp³-hybridized carbons (Fsp3) is 0.0625. The molecule has 6 nitrogen and oxygen atoms in total.